The molecule has 0 aromatic heterocycles. The minimum absolute atomic E-state index is 0.0827. The second-order valence-electron chi connectivity index (χ2n) is 6.48. The molecule has 0 atom stereocenters. The number of hydrogen-bond acceptors (Lipinski definition) is 3. The first-order valence-corrected chi connectivity index (χ1v) is 9.12. The normalized spacial score (nSPS) is 11.0. The van der Waals surface area contributed by atoms with E-state index in [0.717, 1.165) is 24.3 Å². The SMILES string of the molecule is Cc1cc(F)ccc1Oc1cc(C(F)(F)F)ccc1C(=O)Nc1cc(C#N)ccc1Cl. The number of amides is 1. The lowest BCUT2D eigenvalue weighted by Crippen LogP contribution is -2.15. The Labute approximate surface area is 179 Å². The van der Waals surface area contributed by atoms with Crippen molar-refractivity contribution in [3.63, 3.8) is 0 Å². The number of carbonyl (C=O) groups excluding carboxylic acids is 1. The summed E-state index contributed by atoms with van der Waals surface area (Å²) < 4.78 is 58.5. The molecule has 0 saturated carbocycles. The molecule has 0 aliphatic heterocycles. The zero-order chi connectivity index (χ0) is 22.8. The average Bonchev–Trinajstić information content (AvgIpc) is 2.71. The van der Waals surface area contributed by atoms with Crippen LogP contribution in [0.3, 0.4) is 0 Å². The van der Waals surface area contributed by atoms with E-state index in [2.05, 4.69) is 5.32 Å². The predicted molar refractivity (Wildman–Crippen MR) is 107 cm³/mol. The van der Waals surface area contributed by atoms with Gasteiger partial charge < -0.3 is 10.1 Å². The number of nitrogens with zero attached hydrogens (tertiary/aromatic N) is 1. The van der Waals surface area contributed by atoms with Crippen molar-refractivity contribution in [3.8, 4) is 17.6 Å². The molecule has 0 fully saturated rings. The Kier molecular flexibility index (Phi) is 6.18. The number of carbonyl (C=O) groups is 1. The third kappa shape index (κ3) is 5.13. The predicted octanol–water partition coefficient (Wildman–Crippen LogP) is 6.72. The Balaban J connectivity index is 2.02. The van der Waals surface area contributed by atoms with Crippen LogP contribution in [0.25, 0.3) is 0 Å². The number of halogens is 5. The van der Waals surface area contributed by atoms with Gasteiger partial charge in [-0.1, -0.05) is 11.6 Å². The maximum atomic E-state index is 13.4. The van der Waals surface area contributed by atoms with Gasteiger partial charge in [0.15, 0.2) is 0 Å². The molecule has 3 rings (SSSR count). The largest absolute Gasteiger partial charge is 0.456 e. The summed E-state index contributed by atoms with van der Waals surface area (Å²) >= 11 is 6.04. The van der Waals surface area contributed by atoms with E-state index in [-0.39, 0.29) is 33.3 Å². The molecule has 3 aromatic carbocycles. The van der Waals surface area contributed by atoms with Crippen molar-refractivity contribution in [1.29, 1.82) is 5.26 Å². The summed E-state index contributed by atoms with van der Waals surface area (Å²) in [7, 11) is 0. The van der Waals surface area contributed by atoms with Crippen molar-refractivity contribution in [2.75, 3.05) is 5.32 Å². The summed E-state index contributed by atoms with van der Waals surface area (Å²) in [6.45, 7) is 1.51. The summed E-state index contributed by atoms with van der Waals surface area (Å²) in [6.07, 6.45) is -4.67. The fraction of sp³-hybridized carbons (Fsp3) is 0.0909. The Hall–Kier alpha value is -3.57. The molecular weight excluding hydrogens is 436 g/mol. The van der Waals surface area contributed by atoms with E-state index < -0.39 is 23.5 Å². The molecule has 158 valence electrons. The lowest BCUT2D eigenvalue weighted by Gasteiger charge is -2.16. The second kappa shape index (κ2) is 8.66. The summed E-state index contributed by atoms with van der Waals surface area (Å²) in [5.74, 6) is -1.65. The molecule has 3 aromatic rings. The Morgan fingerprint density at radius 3 is 2.45 bits per heavy atom. The number of nitrogens with one attached hydrogen (secondary N) is 1. The molecule has 0 radical (unpaired) electrons. The van der Waals surface area contributed by atoms with Crippen LogP contribution < -0.4 is 10.1 Å². The van der Waals surface area contributed by atoms with E-state index in [1.807, 2.05) is 6.07 Å². The zero-order valence-corrected chi connectivity index (χ0v) is 16.6. The number of ether oxygens (including phenoxy) is 1. The lowest BCUT2D eigenvalue weighted by molar-refractivity contribution is -0.137. The zero-order valence-electron chi connectivity index (χ0n) is 15.8. The molecule has 0 heterocycles. The highest BCUT2D eigenvalue weighted by molar-refractivity contribution is 6.34. The molecular formula is C22H13ClF4N2O2. The van der Waals surface area contributed by atoms with Gasteiger partial charge in [-0.05, 0) is 67.1 Å². The maximum Gasteiger partial charge on any atom is 0.416 e. The van der Waals surface area contributed by atoms with E-state index in [4.69, 9.17) is 21.6 Å². The van der Waals surface area contributed by atoms with E-state index in [9.17, 15) is 22.4 Å². The molecule has 0 aliphatic rings. The molecule has 1 amide bonds. The first kappa shape index (κ1) is 22.1. The smallest absolute Gasteiger partial charge is 0.416 e. The summed E-state index contributed by atoms with van der Waals surface area (Å²) in [5, 5.41) is 11.6. The first-order chi connectivity index (χ1) is 14.6. The van der Waals surface area contributed by atoms with Gasteiger partial charge in [0, 0.05) is 0 Å². The van der Waals surface area contributed by atoms with Crippen LogP contribution in [0.15, 0.2) is 54.6 Å². The second-order valence-corrected chi connectivity index (χ2v) is 6.89. The van der Waals surface area contributed by atoms with Crippen LogP contribution in [-0.2, 0) is 6.18 Å². The molecule has 4 nitrogen and oxygen atoms in total. The van der Waals surface area contributed by atoms with Crippen LogP contribution in [0.4, 0.5) is 23.2 Å². The molecule has 0 spiro atoms. The van der Waals surface area contributed by atoms with Crippen LogP contribution >= 0.6 is 11.6 Å². The monoisotopic (exact) mass is 448 g/mol. The number of hydrogen-bond donors (Lipinski definition) is 1. The van der Waals surface area contributed by atoms with Crippen LogP contribution in [0, 0.1) is 24.1 Å². The van der Waals surface area contributed by atoms with Gasteiger partial charge in [-0.25, -0.2) is 4.39 Å². The van der Waals surface area contributed by atoms with Crippen molar-refractivity contribution in [2.24, 2.45) is 0 Å². The van der Waals surface area contributed by atoms with Gasteiger partial charge in [0.05, 0.1) is 33.5 Å². The Bertz CT molecular complexity index is 1200. The van der Waals surface area contributed by atoms with Crippen molar-refractivity contribution in [2.45, 2.75) is 13.1 Å². The first-order valence-electron chi connectivity index (χ1n) is 8.74. The fourth-order valence-corrected chi connectivity index (χ4v) is 2.86. The lowest BCUT2D eigenvalue weighted by atomic mass is 10.1. The standard InChI is InChI=1S/C22H13ClF4N2O2/c1-12-8-15(24)4-7-19(12)31-20-10-14(22(25,26)27)3-5-16(20)21(30)29-18-9-13(11-28)2-6-17(18)23/h2-10H,1H3,(H,29,30). The Morgan fingerprint density at radius 2 is 1.81 bits per heavy atom. The highest BCUT2D eigenvalue weighted by Crippen LogP contribution is 2.36. The number of nitriles is 1. The van der Waals surface area contributed by atoms with Gasteiger partial charge in [0.2, 0.25) is 0 Å². The van der Waals surface area contributed by atoms with E-state index in [0.29, 0.717) is 11.6 Å². The van der Waals surface area contributed by atoms with Crippen molar-refractivity contribution in [3.05, 3.63) is 87.7 Å². The molecule has 0 aliphatic carbocycles. The summed E-state index contributed by atoms with van der Waals surface area (Å²) in [6, 6.07) is 12.0. The quantitative estimate of drug-likeness (QED) is 0.450. The van der Waals surface area contributed by atoms with Crippen LogP contribution in [0.1, 0.15) is 27.0 Å². The minimum Gasteiger partial charge on any atom is -0.456 e. The highest BCUT2D eigenvalue weighted by atomic mass is 35.5. The minimum atomic E-state index is -4.67. The van der Waals surface area contributed by atoms with Gasteiger partial charge >= 0.3 is 6.18 Å². The molecule has 9 heteroatoms. The maximum absolute atomic E-state index is 13.4. The average molecular weight is 449 g/mol. The number of aryl methyl sites for hydroxylation is 1. The summed E-state index contributed by atoms with van der Waals surface area (Å²) in [4.78, 5) is 12.8. The molecule has 0 saturated heterocycles. The fourth-order valence-electron chi connectivity index (χ4n) is 2.70. The van der Waals surface area contributed by atoms with Crippen LogP contribution in [-0.4, -0.2) is 5.91 Å². The third-order valence-electron chi connectivity index (χ3n) is 4.25. The summed E-state index contributed by atoms with van der Waals surface area (Å²) in [5.41, 5.74) is -0.577. The highest BCUT2D eigenvalue weighted by Gasteiger charge is 2.32. The third-order valence-corrected chi connectivity index (χ3v) is 4.58. The van der Waals surface area contributed by atoms with Crippen molar-refractivity contribution >= 4 is 23.2 Å². The van der Waals surface area contributed by atoms with Gasteiger partial charge in [0.1, 0.15) is 17.3 Å². The van der Waals surface area contributed by atoms with Gasteiger partial charge in [-0.2, -0.15) is 18.4 Å². The van der Waals surface area contributed by atoms with Gasteiger partial charge in [0.25, 0.3) is 5.91 Å². The number of alkyl halides is 3. The Morgan fingerprint density at radius 1 is 1.06 bits per heavy atom. The van der Waals surface area contributed by atoms with Crippen LogP contribution in [0.5, 0.6) is 11.5 Å². The van der Waals surface area contributed by atoms with Gasteiger partial charge in [-0.15, -0.1) is 0 Å². The molecule has 0 unspecified atom stereocenters. The molecule has 31 heavy (non-hydrogen) atoms. The van der Waals surface area contributed by atoms with Crippen molar-refractivity contribution in [1.82, 2.24) is 0 Å². The number of benzene rings is 3. The van der Waals surface area contributed by atoms with E-state index in [1.165, 1.54) is 31.2 Å². The van der Waals surface area contributed by atoms with E-state index >= 15 is 0 Å². The molecule has 0 bridgehead atoms. The number of rotatable bonds is 4. The van der Waals surface area contributed by atoms with Gasteiger partial charge in [-0.3, -0.25) is 4.79 Å². The van der Waals surface area contributed by atoms with Crippen molar-refractivity contribution < 1.29 is 27.1 Å². The molecule has 1 N–H and O–H groups in total. The number of anilines is 1. The van der Waals surface area contributed by atoms with E-state index in [1.54, 1.807) is 0 Å². The topological polar surface area (TPSA) is 62.1 Å². The van der Waals surface area contributed by atoms with Crippen LogP contribution in [0.2, 0.25) is 5.02 Å².